The molecule has 0 unspecified atom stereocenters. The van der Waals surface area contributed by atoms with Crippen molar-refractivity contribution in [3.63, 3.8) is 0 Å². The summed E-state index contributed by atoms with van der Waals surface area (Å²) < 4.78 is 5.39. The average Bonchev–Trinajstić information content (AvgIpc) is 3.43. The predicted molar refractivity (Wildman–Crippen MR) is 140 cm³/mol. The molecule has 0 radical (unpaired) electrons. The number of H-pyrrole nitrogens is 1. The number of aromatic nitrogens is 4. The minimum absolute atomic E-state index is 0.579. The van der Waals surface area contributed by atoms with Gasteiger partial charge in [-0.05, 0) is 42.7 Å². The Morgan fingerprint density at radius 2 is 1.71 bits per heavy atom. The second kappa shape index (κ2) is 9.56. The standard InChI is InChI=1S/C28H32N6O/c1-35-23-9-5-8-22(17-23)33-12-14-34(15-13-33)27-19-29-25-11-10-21(16-26(25)31-27)24-18-30-32-28(24)20-6-3-2-4-7-20/h5,8-11,16-20H,2-4,6-7,12-15H2,1H3,(H,30,32). The third-order valence-electron chi connectivity index (χ3n) is 7.54. The summed E-state index contributed by atoms with van der Waals surface area (Å²) in [5.41, 5.74) is 6.72. The number of fused-ring (bicyclic) bond motifs is 1. The van der Waals surface area contributed by atoms with E-state index in [1.54, 1.807) is 7.11 Å². The number of hydrogen-bond donors (Lipinski definition) is 1. The lowest BCUT2D eigenvalue weighted by molar-refractivity contribution is 0.414. The summed E-state index contributed by atoms with van der Waals surface area (Å²) >= 11 is 0. The molecular weight excluding hydrogens is 436 g/mol. The molecule has 1 aliphatic carbocycles. The first-order chi connectivity index (χ1) is 17.3. The van der Waals surface area contributed by atoms with Crippen molar-refractivity contribution in [3.8, 4) is 16.9 Å². The van der Waals surface area contributed by atoms with E-state index >= 15 is 0 Å². The summed E-state index contributed by atoms with van der Waals surface area (Å²) in [5, 5.41) is 7.71. The van der Waals surface area contributed by atoms with Gasteiger partial charge in [-0.3, -0.25) is 10.1 Å². The number of rotatable bonds is 5. The fourth-order valence-corrected chi connectivity index (χ4v) is 5.55. The van der Waals surface area contributed by atoms with Crippen LogP contribution in [0.15, 0.2) is 54.9 Å². The van der Waals surface area contributed by atoms with Crippen LogP contribution >= 0.6 is 0 Å². The van der Waals surface area contributed by atoms with Crippen LogP contribution in [0.5, 0.6) is 5.75 Å². The van der Waals surface area contributed by atoms with Gasteiger partial charge in [0.2, 0.25) is 0 Å². The number of hydrogen-bond acceptors (Lipinski definition) is 6. The molecule has 2 aromatic heterocycles. The lowest BCUT2D eigenvalue weighted by Crippen LogP contribution is -2.46. The Morgan fingerprint density at radius 3 is 2.54 bits per heavy atom. The van der Waals surface area contributed by atoms with Gasteiger partial charge in [0, 0.05) is 55.1 Å². The van der Waals surface area contributed by atoms with Crippen LogP contribution in [0.4, 0.5) is 11.5 Å². The van der Waals surface area contributed by atoms with Crippen molar-refractivity contribution < 1.29 is 4.74 Å². The number of aromatic amines is 1. The van der Waals surface area contributed by atoms with Crippen molar-refractivity contribution in [2.24, 2.45) is 0 Å². The molecule has 3 heterocycles. The van der Waals surface area contributed by atoms with E-state index in [0.29, 0.717) is 5.92 Å². The van der Waals surface area contributed by atoms with Gasteiger partial charge < -0.3 is 14.5 Å². The largest absolute Gasteiger partial charge is 0.497 e. The normalized spacial score (nSPS) is 17.2. The maximum atomic E-state index is 5.39. The van der Waals surface area contributed by atoms with Gasteiger partial charge in [-0.15, -0.1) is 0 Å². The number of benzene rings is 2. The second-order valence-electron chi connectivity index (χ2n) is 9.64. The Hall–Kier alpha value is -3.61. The Kier molecular flexibility index (Phi) is 5.98. The highest BCUT2D eigenvalue weighted by Crippen LogP contribution is 2.37. The molecule has 0 bridgehead atoms. The predicted octanol–water partition coefficient (Wildman–Crippen LogP) is 5.40. The fraction of sp³-hybridized carbons (Fsp3) is 0.393. The highest BCUT2D eigenvalue weighted by molar-refractivity contribution is 5.82. The maximum Gasteiger partial charge on any atom is 0.147 e. The minimum atomic E-state index is 0.579. The summed E-state index contributed by atoms with van der Waals surface area (Å²) in [5.74, 6) is 2.42. The number of ether oxygens (including phenoxy) is 1. The van der Waals surface area contributed by atoms with Gasteiger partial charge in [0.25, 0.3) is 0 Å². The van der Waals surface area contributed by atoms with Gasteiger partial charge in [-0.25, -0.2) is 4.98 Å². The van der Waals surface area contributed by atoms with E-state index in [0.717, 1.165) is 48.8 Å². The van der Waals surface area contributed by atoms with Crippen molar-refractivity contribution >= 4 is 22.5 Å². The third kappa shape index (κ3) is 4.43. The zero-order valence-corrected chi connectivity index (χ0v) is 20.3. The molecule has 1 saturated heterocycles. The first-order valence-electron chi connectivity index (χ1n) is 12.7. The van der Waals surface area contributed by atoms with Crippen LogP contribution in [0, 0.1) is 0 Å². The number of methoxy groups -OCH3 is 1. The highest BCUT2D eigenvalue weighted by atomic mass is 16.5. The number of nitrogens with one attached hydrogen (secondary N) is 1. The Balaban J connectivity index is 1.21. The van der Waals surface area contributed by atoms with Crippen molar-refractivity contribution in [2.45, 2.75) is 38.0 Å². The van der Waals surface area contributed by atoms with Gasteiger partial charge >= 0.3 is 0 Å². The van der Waals surface area contributed by atoms with E-state index < -0.39 is 0 Å². The smallest absolute Gasteiger partial charge is 0.147 e. The molecule has 0 atom stereocenters. The Morgan fingerprint density at radius 1 is 0.886 bits per heavy atom. The molecule has 1 N–H and O–H groups in total. The molecule has 4 aromatic rings. The SMILES string of the molecule is COc1cccc(N2CCN(c3cnc4ccc(-c5cn[nH]c5C5CCCCC5)cc4n3)CC2)c1. The molecular formula is C28H32N6O. The Labute approximate surface area is 206 Å². The van der Waals surface area contributed by atoms with Crippen LogP contribution in [0.25, 0.3) is 22.2 Å². The summed E-state index contributed by atoms with van der Waals surface area (Å²) in [6.07, 6.45) is 10.3. The molecule has 35 heavy (non-hydrogen) atoms. The van der Waals surface area contributed by atoms with Gasteiger partial charge in [0.05, 0.1) is 30.5 Å². The second-order valence-corrected chi connectivity index (χ2v) is 9.64. The van der Waals surface area contributed by atoms with Gasteiger partial charge in [-0.1, -0.05) is 31.4 Å². The van der Waals surface area contributed by atoms with E-state index in [-0.39, 0.29) is 0 Å². The molecule has 2 aromatic carbocycles. The molecule has 1 aliphatic heterocycles. The molecule has 0 spiro atoms. The topological polar surface area (TPSA) is 70.2 Å². The molecule has 180 valence electrons. The molecule has 7 nitrogen and oxygen atoms in total. The Bertz CT molecular complexity index is 1300. The van der Waals surface area contributed by atoms with E-state index in [1.807, 2.05) is 24.5 Å². The fourth-order valence-electron chi connectivity index (χ4n) is 5.55. The molecule has 1 saturated carbocycles. The van der Waals surface area contributed by atoms with Gasteiger partial charge in [0.15, 0.2) is 0 Å². The van der Waals surface area contributed by atoms with E-state index in [9.17, 15) is 0 Å². The van der Waals surface area contributed by atoms with Crippen LogP contribution in [0.2, 0.25) is 0 Å². The molecule has 6 rings (SSSR count). The zero-order chi connectivity index (χ0) is 23.6. The summed E-state index contributed by atoms with van der Waals surface area (Å²) in [6.45, 7) is 3.69. The first-order valence-corrected chi connectivity index (χ1v) is 12.7. The molecule has 0 amide bonds. The van der Waals surface area contributed by atoms with Crippen molar-refractivity contribution in [1.29, 1.82) is 0 Å². The van der Waals surface area contributed by atoms with Crippen LogP contribution < -0.4 is 14.5 Å². The molecule has 2 aliphatic rings. The van der Waals surface area contributed by atoms with Crippen LogP contribution in [-0.2, 0) is 0 Å². The van der Waals surface area contributed by atoms with Gasteiger partial charge in [-0.2, -0.15) is 5.10 Å². The van der Waals surface area contributed by atoms with Gasteiger partial charge in [0.1, 0.15) is 11.6 Å². The van der Waals surface area contributed by atoms with Crippen molar-refractivity contribution in [2.75, 3.05) is 43.1 Å². The summed E-state index contributed by atoms with van der Waals surface area (Å²) in [6, 6.07) is 14.7. The van der Waals surface area contributed by atoms with E-state index in [4.69, 9.17) is 14.7 Å². The highest BCUT2D eigenvalue weighted by Gasteiger charge is 2.22. The number of anilines is 2. The molecule has 7 heteroatoms. The number of nitrogens with zero attached hydrogens (tertiary/aromatic N) is 5. The minimum Gasteiger partial charge on any atom is -0.497 e. The average molecular weight is 469 g/mol. The number of piperazine rings is 1. The van der Waals surface area contributed by atoms with Crippen molar-refractivity contribution in [3.05, 3.63) is 60.6 Å². The molecule has 2 fully saturated rings. The third-order valence-corrected chi connectivity index (χ3v) is 7.54. The van der Waals surface area contributed by atoms with E-state index in [1.165, 1.54) is 54.6 Å². The van der Waals surface area contributed by atoms with E-state index in [2.05, 4.69) is 50.3 Å². The monoisotopic (exact) mass is 468 g/mol. The summed E-state index contributed by atoms with van der Waals surface area (Å²) in [4.78, 5) is 14.5. The lowest BCUT2D eigenvalue weighted by atomic mass is 9.84. The quantitative estimate of drug-likeness (QED) is 0.423. The van der Waals surface area contributed by atoms with Crippen molar-refractivity contribution in [1.82, 2.24) is 20.2 Å². The zero-order valence-electron chi connectivity index (χ0n) is 20.3. The van der Waals surface area contributed by atoms with Crippen LogP contribution in [0.1, 0.15) is 43.7 Å². The summed E-state index contributed by atoms with van der Waals surface area (Å²) in [7, 11) is 1.71. The van der Waals surface area contributed by atoms with Crippen LogP contribution in [0.3, 0.4) is 0 Å². The first kappa shape index (κ1) is 21.9. The lowest BCUT2D eigenvalue weighted by Gasteiger charge is -2.36. The van der Waals surface area contributed by atoms with Crippen LogP contribution in [-0.4, -0.2) is 53.5 Å². The maximum absolute atomic E-state index is 5.39.